The third-order valence-corrected chi connectivity index (χ3v) is 2.82. The molecule has 1 rings (SSSR count). The van der Waals surface area contributed by atoms with Gasteiger partial charge in [-0.15, -0.1) is 0 Å². The highest BCUT2D eigenvalue weighted by Crippen LogP contribution is 2.24. The number of nitrogens with zero attached hydrogens (tertiary/aromatic N) is 1. The Morgan fingerprint density at radius 3 is 2.56 bits per heavy atom. The van der Waals surface area contributed by atoms with Crippen molar-refractivity contribution in [3.8, 4) is 0 Å². The van der Waals surface area contributed by atoms with E-state index in [0.29, 0.717) is 12.5 Å². The van der Waals surface area contributed by atoms with Gasteiger partial charge in [-0.1, -0.05) is 12.2 Å². The maximum Gasteiger partial charge on any atom is 0.407 e. The monoisotopic (exact) mass is 354 g/mol. The Bertz CT molecular complexity index is 709. The average molecular weight is 354 g/mol. The minimum Gasteiger partial charge on any atom is -0.477 e. The van der Waals surface area contributed by atoms with Gasteiger partial charge in [-0.3, -0.25) is 10.1 Å². The maximum atomic E-state index is 13.9. The number of halogens is 1. The number of hydrogen-bond donors (Lipinski definition) is 2. The number of nitro benzene ring substituents is 1. The van der Waals surface area contributed by atoms with Crippen LogP contribution >= 0.6 is 0 Å². The van der Waals surface area contributed by atoms with Crippen LogP contribution in [0.25, 0.3) is 6.08 Å². The van der Waals surface area contributed by atoms with Gasteiger partial charge in [0, 0.05) is 18.2 Å². The number of carbonyl (C=O) groups is 2. The molecule has 9 heteroatoms. The van der Waals surface area contributed by atoms with E-state index in [4.69, 9.17) is 9.84 Å². The van der Waals surface area contributed by atoms with Crippen molar-refractivity contribution in [3.05, 3.63) is 45.3 Å². The van der Waals surface area contributed by atoms with Crippen LogP contribution in [0.15, 0.2) is 18.2 Å². The van der Waals surface area contributed by atoms with Crippen molar-refractivity contribution in [2.75, 3.05) is 6.54 Å². The zero-order valence-corrected chi connectivity index (χ0v) is 14.0. The molecule has 0 aliphatic rings. The van der Waals surface area contributed by atoms with Gasteiger partial charge in [0.2, 0.25) is 0 Å². The van der Waals surface area contributed by atoms with Crippen molar-refractivity contribution in [1.29, 1.82) is 0 Å². The summed E-state index contributed by atoms with van der Waals surface area (Å²) in [7, 11) is 0. The highest BCUT2D eigenvalue weighted by atomic mass is 19.1. The Labute approximate surface area is 143 Å². The first-order chi connectivity index (χ1) is 11.5. The zero-order valence-electron chi connectivity index (χ0n) is 14.0. The molecule has 1 amide bonds. The van der Waals surface area contributed by atoms with E-state index < -0.39 is 39.7 Å². The fourth-order valence-electron chi connectivity index (χ4n) is 1.81. The van der Waals surface area contributed by atoms with Crippen LogP contribution in [0.5, 0.6) is 0 Å². The first-order valence-corrected chi connectivity index (χ1v) is 7.36. The standard InChI is InChI=1S/C16H19FN2O6/c1-16(2,3)25-15(22)18-7-5-4-6-10-8-13(19(23)24)11(14(20)21)9-12(10)17/h4,6,8-9H,5,7H2,1-3H3,(H,18,22)(H,20,21). The van der Waals surface area contributed by atoms with Crippen LogP contribution in [-0.4, -0.2) is 34.2 Å². The fourth-order valence-corrected chi connectivity index (χ4v) is 1.81. The van der Waals surface area contributed by atoms with Gasteiger partial charge in [-0.25, -0.2) is 14.0 Å². The molecule has 0 saturated carbocycles. The van der Waals surface area contributed by atoms with Crippen molar-refractivity contribution in [1.82, 2.24) is 5.32 Å². The smallest absolute Gasteiger partial charge is 0.407 e. The van der Waals surface area contributed by atoms with Crippen molar-refractivity contribution in [3.63, 3.8) is 0 Å². The molecule has 0 aliphatic carbocycles. The van der Waals surface area contributed by atoms with Crippen LogP contribution in [-0.2, 0) is 4.74 Å². The van der Waals surface area contributed by atoms with E-state index in [1.165, 1.54) is 12.2 Å². The van der Waals surface area contributed by atoms with Gasteiger partial charge in [-0.05, 0) is 33.3 Å². The molecule has 0 aliphatic heterocycles. The highest BCUT2D eigenvalue weighted by Gasteiger charge is 2.22. The van der Waals surface area contributed by atoms with Gasteiger partial charge in [0.05, 0.1) is 4.92 Å². The molecule has 0 fully saturated rings. The normalized spacial score (nSPS) is 11.4. The van der Waals surface area contributed by atoms with E-state index in [2.05, 4.69) is 5.32 Å². The number of hydrogen-bond acceptors (Lipinski definition) is 5. The van der Waals surface area contributed by atoms with Gasteiger partial charge in [0.15, 0.2) is 0 Å². The summed E-state index contributed by atoms with van der Waals surface area (Å²) in [5, 5.41) is 22.3. The molecule has 0 aromatic heterocycles. The van der Waals surface area contributed by atoms with E-state index in [0.717, 1.165) is 6.07 Å². The second-order valence-corrected chi connectivity index (χ2v) is 6.07. The van der Waals surface area contributed by atoms with E-state index in [1.54, 1.807) is 20.8 Å². The number of carbonyl (C=O) groups excluding carboxylic acids is 1. The van der Waals surface area contributed by atoms with Crippen LogP contribution in [0, 0.1) is 15.9 Å². The van der Waals surface area contributed by atoms with Crippen LogP contribution in [0.3, 0.4) is 0 Å². The highest BCUT2D eigenvalue weighted by molar-refractivity contribution is 5.92. The van der Waals surface area contributed by atoms with Crippen molar-refractivity contribution in [2.45, 2.75) is 32.8 Å². The minimum atomic E-state index is -1.58. The number of nitro groups is 1. The Morgan fingerprint density at radius 1 is 1.40 bits per heavy atom. The molecular weight excluding hydrogens is 335 g/mol. The predicted molar refractivity (Wildman–Crippen MR) is 87.9 cm³/mol. The molecule has 0 saturated heterocycles. The molecule has 25 heavy (non-hydrogen) atoms. The van der Waals surface area contributed by atoms with Gasteiger partial charge in [0.25, 0.3) is 5.69 Å². The lowest BCUT2D eigenvalue weighted by atomic mass is 10.1. The number of alkyl carbamates (subject to hydrolysis) is 1. The molecule has 0 spiro atoms. The quantitative estimate of drug-likeness (QED) is 0.459. The molecule has 0 heterocycles. The molecule has 0 unspecified atom stereocenters. The van der Waals surface area contributed by atoms with Crippen LogP contribution < -0.4 is 5.32 Å². The summed E-state index contributed by atoms with van der Waals surface area (Å²) in [5.41, 5.74) is -2.14. The number of nitrogens with one attached hydrogen (secondary N) is 1. The molecular formula is C16H19FN2O6. The fraction of sp³-hybridized carbons (Fsp3) is 0.375. The van der Waals surface area contributed by atoms with Gasteiger partial charge < -0.3 is 15.2 Å². The molecule has 0 bridgehead atoms. The largest absolute Gasteiger partial charge is 0.477 e. The summed E-state index contributed by atoms with van der Waals surface area (Å²) in [4.78, 5) is 32.3. The number of carboxylic acids is 1. The summed E-state index contributed by atoms with van der Waals surface area (Å²) < 4.78 is 18.9. The first kappa shape index (κ1) is 20.1. The van der Waals surface area contributed by atoms with Gasteiger partial charge in [-0.2, -0.15) is 0 Å². The van der Waals surface area contributed by atoms with Crippen molar-refractivity contribution in [2.24, 2.45) is 0 Å². The Hall–Kier alpha value is -2.97. The number of benzene rings is 1. The lowest BCUT2D eigenvalue weighted by Gasteiger charge is -2.19. The van der Waals surface area contributed by atoms with Crippen molar-refractivity contribution >= 4 is 23.8 Å². The van der Waals surface area contributed by atoms with Gasteiger partial charge >= 0.3 is 12.1 Å². The molecule has 0 atom stereocenters. The van der Waals surface area contributed by atoms with Gasteiger partial charge in [0.1, 0.15) is 17.0 Å². The Morgan fingerprint density at radius 2 is 2.04 bits per heavy atom. The lowest BCUT2D eigenvalue weighted by molar-refractivity contribution is -0.385. The third-order valence-electron chi connectivity index (χ3n) is 2.82. The van der Waals surface area contributed by atoms with Crippen LogP contribution in [0.4, 0.5) is 14.9 Å². The lowest BCUT2D eigenvalue weighted by Crippen LogP contribution is -2.32. The SMILES string of the molecule is CC(C)(C)OC(=O)NCCC=Cc1cc([N+](=O)[O-])c(C(=O)O)cc1F. The van der Waals surface area contributed by atoms with E-state index in [-0.39, 0.29) is 12.1 Å². The van der Waals surface area contributed by atoms with Crippen LogP contribution in [0.2, 0.25) is 0 Å². The summed E-state index contributed by atoms with van der Waals surface area (Å²) in [6.07, 6.45) is 2.52. The summed E-state index contributed by atoms with van der Waals surface area (Å²) in [6, 6.07) is 1.47. The number of amides is 1. The first-order valence-electron chi connectivity index (χ1n) is 7.36. The molecule has 0 radical (unpaired) electrons. The topological polar surface area (TPSA) is 119 Å². The predicted octanol–water partition coefficient (Wildman–Crippen LogP) is 3.36. The second-order valence-electron chi connectivity index (χ2n) is 6.07. The maximum absolute atomic E-state index is 13.9. The van der Waals surface area contributed by atoms with E-state index >= 15 is 0 Å². The van der Waals surface area contributed by atoms with E-state index in [1.807, 2.05) is 0 Å². The molecule has 2 N–H and O–H groups in total. The number of rotatable bonds is 6. The molecule has 136 valence electrons. The summed E-state index contributed by atoms with van der Waals surface area (Å²) in [5.74, 6) is -2.47. The average Bonchev–Trinajstić information content (AvgIpc) is 2.45. The van der Waals surface area contributed by atoms with Crippen molar-refractivity contribution < 1.29 is 28.7 Å². The van der Waals surface area contributed by atoms with Crippen LogP contribution in [0.1, 0.15) is 43.1 Å². The third kappa shape index (κ3) is 6.58. The molecule has 1 aromatic rings. The molecule has 1 aromatic carbocycles. The molecule has 8 nitrogen and oxygen atoms in total. The Kier molecular flexibility index (Phi) is 6.60. The minimum absolute atomic E-state index is 0.117. The number of carboxylic acid groups (broad SMARTS) is 1. The second kappa shape index (κ2) is 8.22. The number of ether oxygens (including phenoxy) is 1. The summed E-state index contributed by atoms with van der Waals surface area (Å²) in [6.45, 7) is 5.40. The Balaban J connectivity index is 2.72. The zero-order chi connectivity index (χ0) is 19.2. The van der Waals surface area contributed by atoms with E-state index in [9.17, 15) is 24.1 Å². The number of aromatic carboxylic acids is 1. The summed E-state index contributed by atoms with van der Waals surface area (Å²) >= 11 is 0.